The number of nitrogens with two attached hydrogens (primary N) is 1. The molecule has 5 N–H and O–H groups in total. The monoisotopic (exact) mass is 532 g/mol. The number of hydrogen-bond acceptors (Lipinski definition) is 13. The predicted molar refractivity (Wildman–Crippen MR) is 147 cm³/mol. The van der Waals surface area contributed by atoms with Crippen molar-refractivity contribution in [2.24, 2.45) is 15.8 Å². The van der Waals surface area contributed by atoms with Crippen LogP contribution in [0, 0.1) is 5.53 Å². The van der Waals surface area contributed by atoms with E-state index in [9.17, 15) is 0 Å². The van der Waals surface area contributed by atoms with Gasteiger partial charge in [-0.05, 0) is 11.6 Å². The predicted octanol–water partition coefficient (Wildman–Crippen LogP) is 2.28. The van der Waals surface area contributed by atoms with Gasteiger partial charge >= 0.3 is 0 Å². The highest BCUT2D eigenvalue weighted by atomic mass is 16.5. The molecule has 0 radical (unpaired) electrons. The van der Waals surface area contributed by atoms with Crippen molar-refractivity contribution in [2.75, 3.05) is 57.9 Å². The van der Waals surface area contributed by atoms with Crippen LogP contribution in [-0.4, -0.2) is 88.8 Å². The minimum atomic E-state index is -0.0686. The quantitative estimate of drug-likeness (QED) is 0.188. The molecular weight excluding hydrogens is 500 g/mol. The van der Waals surface area contributed by atoms with Gasteiger partial charge in [-0.1, -0.05) is 18.2 Å². The van der Waals surface area contributed by atoms with Crippen LogP contribution in [0.15, 0.2) is 59.2 Å². The zero-order valence-electron chi connectivity index (χ0n) is 21.5. The fraction of sp³-hybridized carbons (Fsp3) is 0.346. The number of benzene rings is 1. The van der Waals surface area contributed by atoms with E-state index in [2.05, 4.69) is 40.3 Å². The number of aliphatic imine (C=N–C) groups is 1. The van der Waals surface area contributed by atoms with Crippen molar-refractivity contribution in [3.63, 3.8) is 0 Å². The van der Waals surface area contributed by atoms with Gasteiger partial charge in [-0.2, -0.15) is 0 Å². The first-order chi connectivity index (χ1) is 19.2. The molecule has 13 nitrogen and oxygen atoms in total. The fourth-order valence-electron chi connectivity index (χ4n) is 3.80. The Morgan fingerprint density at radius 1 is 1.21 bits per heavy atom. The van der Waals surface area contributed by atoms with Gasteiger partial charge in [-0.3, -0.25) is 9.89 Å². The van der Waals surface area contributed by atoms with E-state index < -0.39 is 0 Å². The second kappa shape index (κ2) is 14.6. The largest absolute Gasteiger partial charge is 0.489 e. The molecule has 1 saturated heterocycles. The molecule has 39 heavy (non-hydrogen) atoms. The van der Waals surface area contributed by atoms with Gasteiger partial charge in [0, 0.05) is 49.7 Å². The average molecular weight is 533 g/mol. The lowest BCUT2D eigenvalue weighted by Gasteiger charge is -2.26. The molecule has 0 spiro atoms. The molecule has 0 atom stereocenters. The summed E-state index contributed by atoms with van der Waals surface area (Å²) in [7, 11) is 0. The first-order valence-electron chi connectivity index (χ1n) is 12.6. The van der Waals surface area contributed by atoms with Crippen LogP contribution in [0.1, 0.15) is 11.3 Å². The summed E-state index contributed by atoms with van der Waals surface area (Å²) in [5, 5.41) is 15.6. The first-order valence-corrected chi connectivity index (χ1v) is 12.6. The summed E-state index contributed by atoms with van der Waals surface area (Å²) in [6, 6.07) is 7.80. The fourth-order valence-corrected chi connectivity index (χ4v) is 3.80. The molecular formula is C26H32N10O3. The zero-order valence-corrected chi connectivity index (χ0v) is 21.5. The second-order valence-corrected chi connectivity index (χ2v) is 8.52. The summed E-state index contributed by atoms with van der Waals surface area (Å²) in [6.07, 6.45) is 7.71. The standard InChI is InChI=1S/C26H32N10O3/c27-13-21(15-29-4-8-37)23-18-33-26(35-28)25(34-23)30-14-19-2-1-3-20(12-19)24-31-16-22(17-32-24)39-11-7-36-5-9-38-10-6-36/h1-3,12-13,15-18,28,37H,4-11,14,27H2,(H,30,34). The van der Waals surface area contributed by atoms with Gasteiger partial charge in [0.2, 0.25) is 5.82 Å². The van der Waals surface area contributed by atoms with Gasteiger partial charge in [0.1, 0.15) is 6.61 Å². The van der Waals surface area contributed by atoms with Crippen molar-refractivity contribution >= 4 is 23.4 Å². The van der Waals surface area contributed by atoms with Gasteiger partial charge in [-0.25, -0.2) is 25.5 Å². The van der Waals surface area contributed by atoms with Crippen LogP contribution in [-0.2, 0) is 11.3 Å². The van der Waals surface area contributed by atoms with E-state index in [4.69, 9.17) is 25.8 Å². The summed E-state index contributed by atoms with van der Waals surface area (Å²) >= 11 is 0. The third-order valence-corrected chi connectivity index (χ3v) is 5.85. The number of ether oxygens (including phenoxy) is 2. The van der Waals surface area contributed by atoms with E-state index in [1.165, 1.54) is 18.6 Å². The molecule has 0 bridgehead atoms. The molecule has 1 aliphatic heterocycles. The molecule has 0 aliphatic carbocycles. The van der Waals surface area contributed by atoms with Gasteiger partial charge in [-0.15, -0.1) is 5.11 Å². The van der Waals surface area contributed by atoms with Gasteiger partial charge in [0.15, 0.2) is 17.4 Å². The van der Waals surface area contributed by atoms with E-state index in [1.54, 1.807) is 12.4 Å². The maximum absolute atomic E-state index is 8.94. The minimum absolute atomic E-state index is 0.0686. The van der Waals surface area contributed by atoms with Gasteiger partial charge in [0.05, 0.1) is 50.6 Å². The van der Waals surface area contributed by atoms with Gasteiger partial charge in [0.25, 0.3) is 0 Å². The molecule has 3 aromatic rings. The van der Waals surface area contributed by atoms with Crippen molar-refractivity contribution < 1.29 is 14.6 Å². The van der Waals surface area contributed by atoms with Crippen molar-refractivity contribution in [1.82, 2.24) is 24.8 Å². The van der Waals surface area contributed by atoms with E-state index in [1.807, 2.05) is 24.3 Å². The lowest BCUT2D eigenvalue weighted by molar-refractivity contribution is 0.0322. The van der Waals surface area contributed by atoms with Crippen molar-refractivity contribution in [3.05, 3.63) is 60.3 Å². The Bertz CT molecular complexity index is 1280. The molecule has 2 aromatic heterocycles. The molecule has 0 unspecified atom stereocenters. The topological polar surface area (TPSA) is 180 Å². The number of hydrogen-bond donors (Lipinski definition) is 4. The van der Waals surface area contributed by atoms with Crippen molar-refractivity contribution in [3.8, 4) is 17.1 Å². The molecule has 1 aromatic carbocycles. The first kappa shape index (κ1) is 27.7. The smallest absolute Gasteiger partial charge is 0.216 e. The third-order valence-electron chi connectivity index (χ3n) is 5.85. The Hall–Kier alpha value is -4.33. The lowest BCUT2D eigenvalue weighted by Crippen LogP contribution is -2.38. The summed E-state index contributed by atoms with van der Waals surface area (Å²) in [5.74, 6) is 1.69. The highest BCUT2D eigenvalue weighted by molar-refractivity contribution is 6.08. The lowest BCUT2D eigenvalue weighted by atomic mass is 10.1. The average Bonchev–Trinajstić information content (AvgIpc) is 2.99. The van der Waals surface area contributed by atoms with E-state index in [0.717, 1.165) is 44.0 Å². The molecule has 0 amide bonds. The van der Waals surface area contributed by atoms with Crippen molar-refractivity contribution in [2.45, 2.75) is 6.54 Å². The number of allylic oxidation sites excluding steroid dienone is 1. The number of rotatable bonds is 13. The molecule has 1 fully saturated rings. The zero-order chi connectivity index (χ0) is 27.3. The van der Waals surface area contributed by atoms with Crippen LogP contribution in [0.5, 0.6) is 5.75 Å². The number of morpholine rings is 1. The van der Waals surface area contributed by atoms with Crippen LogP contribution in [0.25, 0.3) is 17.0 Å². The molecule has 4 rings (SSSR count). The maximum atomic E-state index is 8.94. The summed E-state index contributed by atoms with van der Waals surface area (Å²) in [4.78, 5) is 24.1. The van der Waals surface area contributed by atoms with E-state index in [-0.39, 0.29) is 19.0 Å². The second-order valence-electron chi connectivity index (χ2n) is 8.52. The summed E-state index contributed by atoms with van der Waals surface area (Å²) < 4.78 is 11.2. The number of nitrogens with zero attached hydrogens (tertiary/aromatic N) is 7. The highest BCUT2D eigenvalue weighted by Crippen LogP contribution is 2.24. The van der Waals surface area contributed by atoms with E-state index in [0.29, 0.717) is 41.8 Å². The van der Waals surface area contributed by atoms with Crippen LogP contribution in [0.4, 0.5) is 11.6 Å². The van der Waals surface area contributed by atoms with Gasteiger partial charge < -0.3 is 25.6 Å². The normalized spacial score (nSPS) is 14.4. The third kappa shape index (κ3) is 8.07. The Balaban J connectivity index is 1.38. The molecule has 1 aliphatic rings. The summed E-state index contributed by atoms with van der Waals surface area (Å²) in [6.45, 7) is 5.36. The van der Waals surface area contributed by atoms with E-state index >= 15 is 0 Å². The Labute approximate surface area is 226 Å². The molecule has 3 heterocycles. The maximum Gasteiger partial charge on any atom is 0.216 e. The highest BCUT2D eigenvalue weighted by Gasteiger charge is 2.12. The van der Waals surface area contributed by atoms with Crippen LogP contribution < -0.4 is 15.8 Å². The molecule has 204 valence electrons. The number of nitrogens with one attached hydrogen (secondary N) is 2. The summed E-state index contributed by atoms with van der Waals surface area (Å²) in [5.41, 5.74) is 16.0. The SMILES string of the molecule is N=Nc1ncc(C(C=NCCO)=CN)nc1NCc1cccc(-c2ncc(OCCN3CCOCC3)cn2)c1. The Morgan fingerprint density at radius 2 is 2.03 bits per heavy atom. The molecule has 0 saturated carbocycles. The van der Waals surface area contributed by atoms with Crippen molar-refractivity contribution in [1.29, 1.82) is 5.53 Å². The Kier molecular flexibility index (Phi) is 10.3. The van der Waals surface area contributed by atoms with Crippen LogP contribution >= 0.6 is 0 Å². The molecule has 13 heteroatoms. The van der Waals surface area contributed by atoms with Crippen LogP contribution in [0.2, 0.25) is 0 Å². The number of aliphatic hydroxyl groups is 1. The number of aromatic nitrogens is 4. The number of aliphatic hydroxyl groups excluding tert-OH is 1. The Morgan fingerprint density at radius 3 is 2.77 bits per heavy atom. The minimum Gasteiger partial charge on any atom is -0.489 e. The number of anilines is 1. The van der Waals surface area contributed by atoms with Crippen LogP contribution in [0.3, 0.4) is 0 Å².